The van der Waals surface area contributed by atoms with Crippen molar-refractivity contribution in [2.45, 2.75) is 25.8 Å². The first-order valence-corrected chi connectivity index (χ1v) is 6.35. The highest BCUT2D eigenvalue weighted by Gasteiger charge is 2.16. The summed E-state index contributed by atoms with van der Waals surface area (Å²) in [5.41, 5.74) is 5.83. The van der Waals surface area contributed by atoms with Crippen LogP contribution >= 0.6 is 0 Å². The highest BCUT2D eigenvalue weighted by atomic mass is 16.5. The van der Waals surface area contributed by atoms with Crippen molar-refractivity contribution in [3.63, 3.8) is 0 Å². The quantitative estimate of drug-likeness (QED) is 0.536. The van der Waals surface area contributed by atoms with E-state index in [1.54, 1.807) is 7.11 Å². The average molecular weight is 242 g/mol. The highest BCUT2D eigenvalue weighted by Crippen LogP contribution is 2.14. The zero-order valence-electron chi connectivity index (χ0n) is 11.3. The van der Waals surface area contributed by atoms with Crippen LogP contribution in [0.4, 0.5) is 0 Å². The predicted octanol–water partition coefficient (Wildman–Crippen LogP) is 0.267. The number of likely N-dealkylation sites (tertiary alicyclic amines) is 1. The van der Waals surface area contributed by atoms with Gasteiger partial charge in [-0.1, -0.05) is 0 Å². The second kappa shape index (κ2) is 7.50. The molecule has 5 heteroatoms. The zero-order valence-corrected chi connectivity index (χ0v) is 11.3. The fourth-order valence-corrected chi connectivity index (χ4v) is 2.24. The number of methoxy groups -OCH3 is 1. The van der Waals surface area contributed by atoms with E-state index < -0.39 is 0 Å². The molecule has 1 fully saturated rings. The number of rotatable bonds is 5. The second-order valence-electron chi connectivity index (χ2n) is 5.00. The van der Waals surface area contributed by atoms with Crippen molar-refractivity contribution in [1.82, 2.24) is 10.2 Å². The summed E-state index contributed by atoms with van der Waals surface area (Å²) in [5, 5.41) is 3.12. The summed E-state index contributed by atoms with van der Waals surface area (Å²) in [6.07, 6.45) is 2.53. The van der Waals surface area contributed by atoms with E-state index in [0.29, 0.717) is 18.5 Å². The molecule has 1 rings (SSSR count). The van der Waals surface area contributed by atoms with Gasteiger partial charge in [0.15, 0.2) is 5.96 Å². The lowest BCUT2D eigenvalue weighted by Crippen LogP contribution is -2.41. The third kappa shape index (κ3) is 5.89. The Hall–Kier alpha value is -0.810. The number of hydrogen-bond acceptors (Lipinski definition) is 3. The van der Waals surface area contributed by atoms with Crippen LogP contribution in [0.5, 0.6) is 0 Å². The lowest BCUT2D eigenvalue weighted by molar-refractivity contribution is 0.179. The number of guanidine groups is 1. The molecule has 0 amide bonds. The van der Waals surface area contributed by atoms with Gasteiger partial charge >= 0.3 is 0 Å². The molecule has 0 aromatic heterocycles. The van der Waals surface area contributed by atoms with Gasteiger partial charge < -0.3 is 20.7 Å². The SMILES string of the molecule is COCC(C)NC(N)=NCC1CCCN(C)C1. The summed E-state index contributed by atoms with van der Waals surface area (Å²) < 4.78 is 5.03. The summed E-state index contributed by atoms with van der Waals surface area (Å²) in [6, 6.07) is 0.206. The summed E-state index contributed by atoms with van der Waals surface area (Å²) >= 11 is 0. The standard InChI is InChI=1S/C12H26N4O/c1-10(9-17-3)15-12(13)14-7-11-5-4-6-16(2)8-11/h10-11H,4-9H2,1-3H3,(H3,13,14,15). The number of ether oxygens (including phenoxy) is 1. The molecule has 17 heavy (non-hydrogen) atoms. The number of hydrogen-bond donors (Lipinski definition) is 2. The van der Waals surface area contributed by atoms with Gasteiger partial charge in [-0.05, 0) is 39.3 Å². The molecule has 0 aliphatic carbocycles. The molecule has 2 unspecified atom stereocenters. The average Bonchev–Trinajstić information content (AvgIpc) is 2.27. The van der Waals surface area contributed by atoms with Crippen molar-refractivity contribution < 1.29 is 4.74 Å². The number of nitrogens with two attached hydrogens (primary N) is 1. The first kappa shape index (κ1) is 14.3. The summed E-state index contributed by atoms with van der Waals surface area (Å²) in [5.74, 6) is 1.18. The molecule has 0 radical (unpaired) electrons. The molecule has 0 bridgehead atoms. The van der Waals surface area contributed by atoms with E-state index in [0.717, 1.165) is 13.1 Å². The smallest absolute Gasteiger partial charge is 0.188 e. The molecule has 0 spiro atoms. The summed E-state index contributed by atoms with van der Waals surface area (Å²) in [4.78, 5) is 6.77. The Balaban J connectivity index is 2.26. The lowest BCUT2D eigenvalue weighted by atomic mass is 9.99. The zero-order chi connectivity index (χ0) is 12.7. The molecule has 1 aliphatic rings. The number of nitrogens with one attached hydrogen (secondary N) is 1. The van der Waals surface area contributed by atoms with Crippen molar-refractivity contribution in [3.05, 3.63) is 0 Å². The van der Waals surface area contributed by atoms with E-state index in [9.17, 15) is 0 Å². The van der Waals surface area contributed by atoms with Gasteiger partial charge in [0.25, 0.3) is 0 Å². The van der Waals surface area contributed by atoms with E-state index in [2.05, 4.69) is 22.3 Å². The Kier molecular flexibility index (Phi) is 6.29. The van der Waals surface area contributed by atoms with E-state index in [-0.39, 0.29) is 6.04 Å². The van der Waals surface area contributed by atoms with Crippen LogP contribution in [0.25, 0.3) is 0 Å². The van der Waals surface area contributed by atoms with Crippen LogP contribution in [0.1, 0.15) is 19.8 Å². The molecule has 1 saturated heterocycles. The minimum absolute atomic E-state index is 0.206. The third-order valence-electron chi connectivity index (χ3n) is 3.05. The molecule has 2 atom stereocenters. The van der Waals surface area contributed by atoms with Crippen molar-refractivity contribution >= 4 is 5.96 Å². The maximum absolute atomic E-state index is 5.83. The van der Waals surface area contributed by atoms with Crippen molar-refractivity contribution in [1.29, 1.82) is 0 Å². The lowest BCUT2D eigenvalue weighted by Gasteiger charge is -2.28. The van der Waals surface area contributed by atoms with Crippen LogP contribution in [0.15, 0.2) is 4.99 Å². The first-order valence-electron chi connectivity index (χ1n) is 6.35. The third-order valence-corrected chi connectivity index (χ3v) is 3.05. The molecule has 100 valence electrons. The maximum Gasteiger partial charge on any atom is 0.188 e. The van der Waals surface area contributed by atoms with Crippen molar-refractivity contribution in [3.8, 4) is 0 Å². The van der Waals surface area contributed by atoms with E-state index in [4.69, 9.17) is 10.5 Å². The van der Waals surface area contributed by atoms with Gasteiger partial charge in [0.1, 0.15) is 0 Å². The van der Waals surface area contributed by atoms with E-state index in [1.807, 2.05) is 6.92 Å². The molecule has 0 aromatic rings. The van der Waals surface area contributed by atoms with Crippen molar-refractivity contribution in [2.75, 3.05) is 40.4 Å². The summed E-state index contributed by atoms with van der Waals surface area (Å²) in [7, 11) is 3.85. The van der Waals surface area contributed by atoms with Crippen LogP contribution in [-0.2, 0) is 4.74 Å². The van der Waals surface area contributed by atoms with Gasteiger partial charge in [-0.25, -0.2) is 0 Å². The van der Waals surface area contributed by atoms with Gasteiger partial charge in [0, 0.05) is 26.2 Å². The molecule has 3 N–H and O–H groups in total. The van der Waals surface area contributed by atoms with Gasteiger partial charge in [0.05, 0.1) is 6.61 Å². The molecule has 0 saturated carbocycles. The maximum atomic E-state index is 5.83. The van der Waals surface area contributed by atoms with Crippen LogP contribution < -0.4 is 11.1 Å². The Morgan fingerprint density at radius 2 is 2.41 bits per heavy atom. The Bertz CT molecular complexity index is 245. The highest BCUT2D eigenvalue weighted by molar-refractivity contribution is 5.78. The number of piperidine rings is 1. The predicted molar refractivity (Wildman–Crippen MR) is 71.2 cm³/mol. The second-order valence-corrected chi connectivity index (χ2v) is 5.00. The topological polar surface area (TPSA) is 62.9 Å². The van der Waals surface area contributed by atoms with Gasteiger partial charge in [-0.3, -0.25) is 4.99 Å². The Morgan fingerprint density at radius 3 is 3.06 bits per heavy atom. The largest absolute Gasteiger partial charge is 0.383 e. The van der Waals surface area contributed by atoms with Crippen LogP contribution in [0.2, 0.25) is 0 Å². The minimum Gasteiger partial charge on any atom is -0.383 e. The molecule has 1 heterocycles. The van der Waals surface area contributed by atoms with Gasteiger partial charge in [-0.2, -0.15) is 0 Å². The molecular weight excluding hydrogens is 216 g/mol. The molecule has 0 aromatic carbocycles. The molecule has 5 nitrogen and oxygen atoms in total. The Labute approximate surface area is 104 Å². The fourth-order valence-electron chi connectivity index (χ4n) is 2.24. The van der Waals surface area contributed by atoms with E-state index >= 15 is 0 Å². The monoisotopic (exact) mass is 242 g/mol. The normalized spacial score (nSPS) is 24.6. The number of nitrogens with zero attached hydrogens (tertiary/aromatic N) is 2. The fraction of sp³-hybridized carbons (Fsp3) is 0.917. The molecule has 1 aliphatic heterocycles. The van der Waals surface area contributed by atoms with E-state index in [1.165, 1.54) is 19.4 Å². The van der Waals surface area contributed by atoms with Crippen molar-refractivity contribution in [2.24, 2.45) is 16.6 Å². The summed E-state index contributed by atoms with van der Waals surface area (Å²) in [6.45, 7) is 5.83. The molecular formula is C12H26N4O. The van der Waals surface area contributed by atoms with Crippen LogP contribution in [0, 0.1) is 5.92 Å². The van der Waals surface area contributed by atoms with Crippen LogP contribution in [0.3, 0.4) is 0 Å². The first-order chi connectivity index (χ1) is 8.11. The number of aliphatic imine (C=N–C) groups is 1. The minimum atomic E-state index is 0.206. The van der Waals surface area contributed by atoms with Gasteiger partial charge in [0.2, 0.25) is 0 Å². The van der Waals surface area contributed by atoms with Gasteiger partial charge in [-0.15, -0.1) is 0 Å². The Morgan fingerprint density at radius 1 is 1.65 bits per heavy atom. The van der Waals surface area contributed by atoms with Crippen LogP contribution in [-0.4, -0.2) is 57.3 Å².